The smallest absolute Gasteiger partial charge is 0.295 e. The summed E-state index contributed by atoms with van der Waals surface area (Å²) in [6, 6.07) is 11.6. The number of hydrogen-bond donors (Lipinski definition) is 1. The van der Waals surface area contributed by atoms with E-state index in [1.54, 1.807) is 36.7 Å². The first kappa shape index (κ1) is 19.5. The second-order valence-electron chi connectivity index (χ2n) is 6.61. The fourth-order valence-electron chi connectivity index (χ4n) is 3.37. The average molecular weight is 421 g/mol. The van der Waals surface area contributed by atoms with Crippen molar-refractivity contribution in [2.45, 2.75) is 12.6 Å². The number of nitro groups is 1. The van der Waals surface area contributed by atoms with E-state index in [2.05, 4.69) is 4.98 Å². The number of benzene rings is 1. The van der Waals surface area contributed by atoms with Gasteiger partial charge >= 0.3 is 0 Å². The van der Waals surface area contributed by atoms with Crippen LogP contribution in [0.15, 0.2) is 71.9 Å². The van der Waals surface area contributed by atoms with E-state index in [0.717, 1.165) is 10.4 Å². The number of thiophene rings is 1. The number of nitrogens with zero attached hydrogens (tertiary/aromatic N) is 3. The number of Topliss-reactive ketones (excluding diaryl/α,β-unsaturated/α-hetero) is 1. The van der Waals surface area contributed by atoms with Crippen LogP contribution >= 0.6 is 11.3 Å². The van der Waals surface area contributed by atoms with Crippen LogP contribution in [0.3, 0.4) is 0 Å². The maximum absolute atomic E-state index is 12.9. The second-order valence-corrected chi connectivity index (χ2v) is 7.59. The number of carbonyl (C=O) groups excluding carboxylic acids is 2. The van der Waals surface area contributed by atoms with Crippen LogP contribution in [0, 0.1) is 10.1 Å². The number of aliphatic hydroxyl groups is 1. The molecule has 1 fully saturated rings. The van der Waals surface area contributed by atoms with Gasteiger partial charge in [-0.05, 0) is 35.2 Å². The molecule has 30 heavy (non-hydrogen) atoms. The minimum absolute atomic E-state index is 0.0415. The predicted molar refractivity (Wildman–Crippen MR) is 109 cm³/mol. The molecule has 3 aromatic rings. The molecule has 9 heteroatoms. The van der Waals surface area contributed by atoms with Gasteiger partial charge in [-0.2, -0.15) is 0 Å². The zero-order chi connectivity index (χ0) is 21.3. The molecule has 1 atom stereocenters. The highest BCUT2D eigenvalue weighted by molar-refractivity contribution is 7.10. The first-order valence-corrected chi connectivity index (χ1v) is 9.81. The van der Waals surface area contributed by atoms with Gasteiger partial charge in [0.2, 0.25) is 0 Å². The standard InChI is InChI=1S/C21H15N3O5S/c25-19(14-5-7-15(8-6-14)24(28)29)17-18(16-4-2-10-30-16)23(21(27)20(17)26)12-13-3-1-9-22-11-13/h1-11,18,25H,12H2/b19-17-. The van der Waals surface area contributed by atoms with E-state index in [1.807, 2.05) is 5.38 Å². The highest BCUT2D eigenvalue weighted by Crippen LogP contribution is 2.41. The van der Waals surface area contributed by atoms with Crippen molar-refractivity contribution in [3.63, 3.8) is 0 Å². The molecule has 0 saturated carbocycles. The lowest BCUT2D eigenvalue weighted by molar-refractivity contribution is -0.384. The summed E-state index contributed by atoms with van der Waals surface area (Å²) >= 11 is 1.36. The minimum Gasteiger partial charge on any atom is -0.507 e. The number of hydrogen-bond acceptors (Lipinski definition) is 7. The summed E-state index contributed by atoms with van der Waals surface area (Å²) in [5.41, 5.74) is 0.788. The Morgan fingerprint density at radius 3 is 2.53 bits per heavy atom. The molecule has 0 bridgehead atoms. The van der Waals surface area contributed by atoms with E-state index in [9.17, 15) is 24.8 Å². The van der Waals surface area contributed by atoms with E-state index >= 15 is 0 Å². The molecule has 0 aliphatic carbocycles. The molecule has 3 heterocycles. The zero-order valence-corrected chi connectivity index (χ0v) is 16.3. The van der Waals surface area contributed by atoms with Crippen molar-refractivity contribution >= 4 is 34.5 Å². The van der Waals surface area contributed by atoms with Crippen LogP contribution < -0.4 is 0 Å². The Morgan fingerprint density at radius 1 is 1.17 bits per heavy atom. The van der Waals surface area contributed by atoms with Crippen molar-refractivity contribution in [2.24, 2.45) is 0 Å². The molecule has 1 amide bonds. The maximum Gasteiger partial charge on any atom is 0.295 e. The maximum atomic E-state index is 12.9. The lowest BCUT2D eigenvalue weighted by Gasteiger charge is -2.24. The molecule has 4 rings (SSSR count). The number of non-ortho nitro benzene ring substituents is 1. The Bertz CT molecular complexity index is 1140. The fraction of sp³-hybridized carbons (Fsp3) is 0.0952. The Kier molecular flexibility index (Phi) is 5.11. The predicted octanol–water partition coefficient (Wildman–Crippen LogP) is 3.67. The quantitative estimate of drug-likeness (QED) is 0.221. The van der Waals surface area contributed by atoms with Crippen LogP contribution in [0.2, 0.25) is 0 Å². The van der Waals surface area contributed by atoms with Crippen LogP contribution in [-0.4, -0.2) is 31.6 Å². The number of aromatic nitrogens is 1. The molecule has 1 unspecified atom stereocenters. The molecule has 0 radical (unpaired) electrons. The first-order chi connectivity index (χ1) is 14.5. The summed E-state index contributed by atoms with van der Waals surface area (Å²) in [5, 5.41) is 23.6. The van der Waals surface area contributed by atoms with Gasteiger partial charge in [-0.1, -0.05) is 12.1 Å². The van der Waals surface area contributed by atoms with E-state index < -0.39 is 22.7 Å². The summed E-state index contributed by atoms with van der Waals surface area (Å²) in [4.78, 5) is 42.2. The molecule has 0 spiro atoms. The average Bonchev–Trinajstić information content (AvgIpc) is 3.37. The number of likely N-dealkylation sites (tertiary alicyclic amines) is 1. The molecule has 1 saturated heterocycles. The van der Waals surface area contributed by atoms with E-state index in [0.29, 0.717) is 0 Å². The Hall–Kier alpha value is -3.85. The fourth-order valence-corrected chi connectivity index (χ4v) is 4.22. The highest BCUT2D eigenvalue weighted by Gasteiger charge is 2.46. The number of ketones is 1. The molecule has 8 nitrogen and oxygen atoms in total. The van der Waals surface area contributed by atoms with Crippen LogP contribution in [-0.2, 0) is 16.1 Å². The van der Waals surface area contributed by atoms with Crippen molar-refractivity contribution in [1.29, 1.82) is 0 Å². The monoisotopic (exact) mass is 421 g/mol. The molecule has 1 N–H and O–H groups in total. The largest absolute Gasteiger partial charge is 0.507 e. The summed E-state index contributed by atoms with van der Waals surface area (Å²) in [5.74, 6) is -1.89. The van der Waals surface area contributed by atoms with Crippen molar-refractivity contribution in [3.05, 3.63) is 98.0 Å². The van der Waals surface area contributed by atoms with Gasteiger partial charge in [0.15, 0.2) is 0 Å². The molecular formula is C21H15N3O5S. The van der Waals surface area contributed by atoms with Gasteiger partial charge in [0.25, 0.3) is 17.4 Å². The van der Waals surface area contributed by atoms with Crippen molar-refractivity contribution in [2.75, 3.05) is 0 Å². The second kappa shape index (κ2) is 7.88. The molecule has 1 aliphatic rings. The Morgan fingerprint density at radius 2 is 1.93 bits per heavy atom. The molecule has 150 valence electrons. The van der Waals surface area contributed by atoms with Gasteiger partial charge in [-0.25, -0.2) is 0 Å². The van der Waals surface area contributed by atoms with Gasteiger partial charge in [0.05, 0.1) is 16.5 Å². The van der Waals surface area contributed by atoms with Crippen LogP contribution in [0.4, 0.5) is 5.69 Å². The number of pyridine rings is 1. The van der Waals surface area contributed by atoms with Gasteiger partial charge in [0, 0.05) is 41.5 Å². The van der Waals surface area contributed by atoms with E-state index in [4.69, 9.17) is 0 Å². The minimum atomic E-state index is -0.798. The topological polar surface area (TPSA) is 114 Å². The summed E-state index contributed by atoms with van der Waals surface area (Å²) in [6.45, 7) is 0.151. The first-order valence-electron chi connectivity index (χ1n) is 8.93. The third kappa shape index (κ3) is 3.46. The lowest BCUT2D eigenvalue weighted by Crippen LogP contribution is -2.28. The number of carbonyl (C=O) groups is 2. The SMILES string of the molecule is O=C1C(=O)N(Cc2cccnc2)C(c2cccs2)/C1=C(/O)c1ccc([N+](=O)[O-])cc1. The lowest BCUT2D eigenvalue weighted by atomic mass is 9.99. The van der Waals surface area contributed by atoms with Crippen molar-refractivity contribution in [3.8, 4) is 0 Å². The van der Waals surface area contributed by atoms with E-state index in [1.165, 1.54) is 40.5 Å². The van der Waals surface area contributed by atoms with Crippen molar-refractivity contribution in [1.82, 2.24) is 9.88 Å². The molecular weight excluding hydrogens is 406 g/mol. The van der Waals surface area contributed by atoms with Gasteiger partial charge < -0.3 is 10.0 Å². The van der Waals surface area contributed by atoms with Gasteiger partial charge in [-0.3, -0.25) is 24.7 Å². The van der Waals surface area contributed by atoms with E-state index in [-0.39, 0.29) is 29.1 Å². The number of nitro benzene ring substituents is 1. The van der Waals surface area contributed by atoms with Gasteiger partial charge in [-0.15, -0.1) is 11.3 Å². The third-order valence-electron chi connectivity index (χ3n) is 4.78. The Labute approximate surface area is 174 Å². The summed E-state index contributed by atoms with van der Waals surface area (Å²) in [7, 11) is 0. The molecule has 1 aromatic carbocycles. The zero-order valence-electron chi connectivity index (χ0n) is 15.5. The van der Waals surface area contributed by atoms with Crippen LogP contribution in [0.5, 0.6) is 0 Å². The van der Waals surface area contributed by atoms with Crippen molar-refractivity contribution < 1.29 is 19.6 Å². The highest BCUT2D eigenvalue weighted by atomic mass is 32.1. The third-order valence-corrected chi connectivity index (χ3v) is 5.70. The Balaban J connectivity index is 1.80. The number of aliphatic hydroxyl groups excluding tert-OH is 1. The molecule has 2 aromatic heterocycles. The molecule has 1 aliphatic heterocycles. The van der Waals surface area contributed by atoms with Gasteiger partial charge in [0.1, 0.15) is 5.76 Å². The number of amides is 1. The normalized spacial score (nSPS) is 18.0. The summed E-state index contributed by atoms with van der Waals surface area (Å²) < 4.78 is 0. The van der Waals surface area contributed by atoms with Crippen LogP contribution in [0.25, 0.3) is 5.76 Å². The summed E-state index contributed by atoms with van der Waals surface area (Å²) in [6.07, 6.45) is 3.23. The van der Waals surface area contributed by atoms with Crippen LogP contribution in [0.1, 0.15) is 22.0 Å². The number of rotatable bonds is 5.